The fourth-order valence-corrected chi connectivity index (χ4v) is 3.84. The molecule has 0 aliphatic heterocycles. The van der Waals surface area contributed by atoms with E-state index in [1.807, 2.05) is 31.2 Å². The summed E-state index contributed by atoms with van der Waals surface area (Å²) in [5, 5.41) is 12.5. The minimum Gasteiger partial charge on any atom is -0.350 e. The van der Waals surface area contributed by atoms with E-state index in [-0.39, 0.29) is 36.3 Å². The molecular formula is C24H22FN5O2. The smallest absolute Gasteiger partial charge is 0.293 e. The number of hydrogen-bond acceptors (Lipinski definition) is 4. The van der Waals surface area contributed by atoms with Crippen molar-refractivity contribution < 1.29 is 9.18 Å². The summed E-state index contributed by atoms with van der Waals surface area (Å²) in [6.45, 7) is 2.01. The molecule has 1 aliphatic rings. The van der Waals surface area contributed by atoms with Crippen LogP contribution in [0.4, 0.5) is 4.39 Å². The van der Waals surface area contributed by atoms with Crippen molar-refractivity contribution in [1.82, 2.24) is 24.9 Å². The van der Waals surface area contributed by atoms with Gasteiger partial charge in [-0.25, -0.2) is 13.8 Å². The van der Waals surface area contributed by atoms with Crippen molar-refractivity contribution >= 4 is 16.8 Å². The molecule has 162 valence electrons. The SMILES string of the molecule is Cc1ccccc1-n1ncc2c(C3CC3)nn(CC(=O)NCc3ccc(F)cc3)c(=O)c21. The maximum Gasteiger partial charge on any atom is 0.293 e. The van der Waals surface area contributed by atoms with E-state index in [2.05, 4.69) is 15.5 Å². The summed E-state index contributed by atoms with van der Waals surface area (Å²) in [5.74, 6) is -0.393. The lowest BCUT2D eigenvalue weighted by Gasteiger charge is -2.11. The Hall–Kier alpha value is -3.81. The number of carbonyl (C=O) groups is 1. The number of rotatable bonds is 6. The molecule has 5 rings (SSSR count). The fourth-order valence-electron chi connectivity index (χ4n) is 3.84. The number of aryl methyl sites for hydroxylation is 1. The van der Waals surface area contributed by atoms with E-state index >= 15 is 0 Å². The highest BCUT2D eigenvalue weighted by atomic mass is 19.1. The van der Waals surface area contributed by atoms with Crippen LogP contribution in [0.2, 0.25) is 0 Å². The zero-order chi connectivity index (χ0) is 22.2. The molecule has 0 saturated heterocycles. The lowest BCUT2D eigenvalue weighted by atomic mass is 10.2. The van der Waals surface area contributed by atoms with Gasteiger partial charge in [-0.15, -0.1) is 0 Å². The number of nitrogens with one attached hydrogen (secondary N) is 1. The van der Waals surface area contributed by atoms with Gasteiger partial charge in [-0.2, -0.15) is 10.2 Å². The highest BCUT2D eigenvalue weighted by molar-refractivity contribution is 5.83. The summed E-state index contributed by atoms with van der Waals surface area (Å²) in [6.07, 6.45) is 3.71. The van der Waals surface area contributed by atoms with Crippen molar-refractivity contribution in [2.24, 2.45) is 0 Å². The van der Waals surface area contributed by atoms with E-state index in [0.29, 0.717) is 5.52 Å². The Morgan fingerprint density at radius 3 is 2.62 bits per heavy atom. The highest BCUT2D eigenvalue weighted by Gasteiger charge is 2.30. The summed E-state index contributed by atoms with van der Waals surface area (Å²) >= 11 is 0. The summed E-state index contributed by atoms with van der Waals surface area (Å²) in [6, 6.07) is 13.6. The van der Waals surface area contributed by atoms with Crippen LogP contribution in [0, 0.1) is 12.7 Å². The van der Waals surface area contributed by atoms with Gasteiger partial charge in [0.25, 0.3) is 5.56 Å². The van der Waals surface area contributed by atoms with Crippen molar-refractivity contribution in [1.29, 1.82) is 0 Å². The maximum atomic E-state index is 13.4. The zero-order valence-electron chi connectivity index (χ0n) is 17.6. The minimum absolute atomic E-state index is 0.200. The van der Waals surface area contributed by atoms with E-state index in [1.165, 1.54) is 16.8 Å². The molecule has 0 spiro atoms. The number of para-hydroxylation sites is 1. The Labute approximate surface area is 183 Å². The highest BCUT2D eigenvalue weighted by Crippen LogP contribution is 2.41. The van der Waals surface area contributed by atoms with Gasteiger partial charge in [0.1, 0.15) is 17.9 Å². The molecule has 1 amide bonds. The van der Waals surface area contributed by atoms with E-state index in [4.69, 9.17) is 0 Å². The Morgan fingerprint density at radius 2 is 1.91 bits per heavy atom. The molecule has 0 bridgehead atoms. The molecule has 2 aromatic heterocycles. The van der Waals surface area contributed by atoms with Crippen LogP contribution in [0.25, 0.3) is 16.6 Å². The molecule has 1 N–H and O–H groups in total. The van der Waals surface area contributed by atoms with Crippen LogP contribution in [0.5, 0.6) is 0 Å². The molecule has 1 saturated carbocycles. The molecule has 7 nitrogen and oxygen atoms in total. The Kier molecular flexibility index (Phi) is 5.05. The summed E-state index contributed by atoms with van der Waals surface area (Å²) in [7, 11) is 0. The van der Waals surface area contributed by atoms with E-state index < -0.39 is 0 Å². The largest absolute Gasteiger partial charge is 0.350 e. The van der Waals surface area contributed by atoms with Crippen molar-refractivity contribution in [3.8, 4) is 5.69 Å². The van der Waals surface area contributed by atoms with E-state index in [9.17, 15) is 14.0 Å². The quantitative estimate of drug-likeness (QED) is 0.508. The molecule has 0 atom stereocenters. The van der Waals surface area contributed by atoms with Crippen molar-refractivity contribution in [3.05, 3.63) is 87.7 Å². The molecule has 2 aromatic carbocycles. The van der Waals surface area contributed by atoms with Crippen LogP contribution < -0.4 is 10.9 Å². The number of nitrogens with zero attached hydrogens (tertiary/aromatic N) is 4. The number of amides is 1. The number of aromatic nitrogens is 4. The monoisotopic (exact) mass is 431 g/mol. The van der Waals surface area contributed by atoms with Crippen LogP contribution in [0.15, 0.2) is 59.5 Å². The predicted molar refractivity (Wildman–Crippen MR) is 118 cm³/mol. The van der Waals surface area contributed by atoms with E-state index in [0.717, 1.165) is 40.7 Å². The number of benzene rings is 2. The second kappa shape index (κ2) is 8.03. The fraction of sp³-hybridized carbons (Fsp3) is 0.250. The van der Waals surface area contributed by atoms with Crippen LogP contribution in [-0.4, -0.2) is 25.5 Å². The summed E-state index contributed by atoms with van der Waals surface area (Å²) in [4.78, 5) is 25.9. The Bertz CT molecular complexity index is 1370. The number of halogens is 1. The molecule has 8 heteroatoms. The van der Waals surface area contributed by atoms with Crippen molar-refractivity contribution in [3.63, 3.8) is 0 Å². The van der Waals surface area contributed by atoms with Crippen LogP contribution in [0.1, 0.15) is 35.6 Å². The Morgan fingerprint density at radius 1 is 1.16 bits per heavy atom. The number of fused-ring (bicyclic) bond motifs is 1. The van der Waals surface area contributed by atoms with Crippen molar-refractivity contribution in [2.75, 3.05) is 0 Å². The predicted octanol–water partition coefficient (Wildman–Crippen LogP) is 3.22. The van der Waals surface area contributed by atoms with Crippen molar-refractivity contribution in [2.45, 2.75) is 38.8 Å². The number of hydrogen-bond donors (Lipinski definition) is 1. The van der Waals surface area contributed by atoms with Crippen LogP contribution in [0.3, 0.4) is 0 Å². The summed E-state index contributed by atoms with van der Waals surface area (Å²) < 4.78 is 15.9. The average molecular weight is 431 g/mol. The first-order valence-corrected chi connectivity index (χ1v) is 10.6. The van der Waals surface area contributed by atoms with Gasteiger partial charge in [0, 0.05) is 17.8 Å². The third-order valence-electron chi connectivity index (χ3n) is 5.71. The zero-order valence-corrected chi connectivity index (χ0v) is 17.6. The Balaban J connectivity index is 1.49. The minimum atomic E-state index is -0.359. The van der Waals surface area contributed by atoms with Gasteiger partial charge < -0.3 is 5.32 Å². The molecule has 4 aromatic rings. The number of carbonyl (C=O) groups excluding carboxylic acids is 1. The molecule has 2 heterocycles. The van der Waals surface area contributed by atoms with Crippen LogP contribution >= 0.6 is 0 Å². The second-order valence-corrected chi connectivity index (χ2v) is 8.13. The molecule has 0 unspecified atom stereocenters. The average Bonchev–Trinajstić information content (AvgIpc) is 3.54. The van der Waals surface area contributed by atoms with Crippen LogP contribution in [-0.2, 0) is 17.9 Å². The third-order valence-corrected chi connectivity index (χ3v) is 5.71. The normalized spacial score (nSPS) is 13.4. The molecule has 0 radical (unpaired) electrons. The lowest BCUT2D eigenvalue weighted by Crippen LogP contribution is -2.34. The molecular weight excluding hydrogens is 409 g/mol. The topological polar surface area (TPSA) is 81.8 Å². The first-order valence-electron chi connectivity index (χ1n) is 10.6. The van der Waals surface area contributed by atoms with Gasteiger partial charge in [-0.05, 0) is 49.1 Å². The third kappa shape index (κ3) is 3.79. The summed E-state index contributed by atoms with van der Waals surface area (Å²) in [5.41, 5.74) is 3.47. The van der Waals surface area contributed by atoms with E-state index in [1.54, 1.807) is 23.0 Å². The van der Waals surface area contributed by atoms with Gasteiger partial charge in [0.05, 0.1) is 17.6 Å². The lowest BCUT2D eigenvalue weighted by molar-refractivity contribution is -0.122. The standard InChI is InChI=1S/C24H22FN5O2/c1-15-4-2-3-5-20(15)30-23-19(13-27-30)22(17-8-9-17)28-29(24(23)32)14-21(31)26-12-16-6-10-18(25)11-7-16/h2-7,10-11,13,17H,8-9,12,14H2,1H3,(H,26,31). The van der Waals surface area contributed by atoms with Gasteiger partial charge in [0.15, 0.2) is 0 Å². The van der Waals surface area contributed by atoms with Gasteiger partial charge >= 0.3 is 0 Å². The first kappa shape index (κ1) is 20.1. The maximum absolute atomic E-state index is 13.4. The van der Waals surface area contributed by atoms with Gasteiger partial charge in [-0.1, -0.05) is 30.3 Å². The molecule has 1 aliphatic carbocycles. The first-order chi connectivity index (χ1) is 15.5. The van der Waals surface area contributed by atoms with Gasteiger partial charge in [0.2, 0.25) is 5.91 Å². The molecule has 1 fully saturated rings. The second-order valence-electron chi connectivity index (χ2n) is 8.13. The van der Waals surface area contributed by atoms with Gasteiger partial charge in [-0.3, -0.25) is 9.59 Å². The molecule has 32 heavy (non-hydrogen) atoms.